The Morgan fingerprint density at radius 1 is 1.12 bits per heavy atom. The molecule has 88 valence electrons. The molecule has 1 atom stereocenters. The number of benzene rings is 2. The second-order valence-electron chi connectivity index (χ2n) is 4.01. The smallest absolute Gasteiger partial charge is 0.0713 e. The SMILES string of the molecule is Cc1ccccc1C(NN)c1cccc(Br)c1. The summed E-state index contributed by atoms with van der Waals surface area (Å²) in [4.78, 5) is 0. The largest absolute Gasteiger partial charge is 0.271 e. The van der Waals surface area contributed by atoms with E-state index >= 15 is 0 Å². The summed E-state index contributed by atoms with van der Waals surface area (Å²) in [5.74, 6) is 5.69. The van der Waals surface area contributed by atoms with Gasteiger partial charge in [0.2, 0.25) is 0 Å². The molecule has 0 aliphatic heterocycles. The van der Waals surface area contributed by atoms with Crippen LogP contribution in [0.3, 0.4) is 0 Å². The lowest BCUT2D eigenvalue weighted by atomic mass is 9.96. The summed E-state index contributed by atoms with van der Waals surface area (Å²) in [6.07, 6.45) is 0. The fourth-order valence-electron chi connectivity index (χ4n) is 1.96. The third-order valence-corrected chi connectivity index (χ3v) is 3.34. The first kappa shape index (κ1) is 12.3. The Kier molecular flexibility index (Phi) is 3.94. The van der Waals surface area contributed by atoms with Gasteiger partial charge < -0.3 is 0 Å². The minimum Gasteiger partial charge on any atom is -0.271 e. The number of rotatable bonds is 3. The van der Waals surface area contributed by atoms with Crippen LogP contribution in [0, 0.1) is 6.92 Å². The molecule has 0 aromatic heterocycles. The summed E-state index contributed by atoms with van der Waals surface area (Å²) in [5.41, 5.74) is 6.46. The Labute approximate surface area is 110 Å². The van der Waals surface area contributed by atoms with Crippen molar-refractivity contribution in [1.82, 2.24) is 5.43 Å². The Hall–Kier alpha value is -1.16. The molecule has 3 N–H and O–H groups in total. The van der Waals surface area contributed by atoms with Gasteiger partial charge in [-0.2, -0.15) is 0 Å². The highest BCUT2D eigenvalue weighted by molar-refractivity contribution is 9.10. The highest BCUT2D eigenvalue weighted by Crippen LogP contribution is 2.25. The molecule has 0 fully saturated rings. The van der Waals surface area contributed by atoms with Crippen LogP contribution in [0.4, 0.5) is 0 Å². The third-order valence-electron chi connectivity index (χ3n) is 2.85. The molecule has 0 saturated carbocycles. The lowest BCUT2D eigenvalue weighted by molar-refractivity contribution is 0.633. The first-order valence-corrected chi connectivity index (χ1v) is 6.29. The highest BCUT2D eigenvalue weighted by atomic mass is 79.9. The molecule has 1 unspecified atom stereocenters. The van der Waals surface area contributed by atoms with E-state index in [0.717, 1.165) is 10.0 Å². The van der Waals surface area contributed by atoms with Crippen molar-refractivity contribution >= 4 is 15.9 Å². The molecule has 0 bridgehead atoms. The van der Waals surface area contributed by atoms with E-state index < -0.39 is 0 Å². The second kappa shape index (κ2) is 5.45. The van der Waals surface area contributed by atoms with E-state index in [9.17, 15) is 0 Å². The predicted molar refractivity (Wildman–Crippen MR) is 74.5 cm³/mol. The quantitative estimate of drug-likeness (QED) is 0.672. The van der Waals surface area contributed by atoms with Gasteiger partial charge >= 0.3 is 0 Å². The Morgan fingerprint density at radius 3 is 2.53 bits per heavy atom. The van der Waals surface area contributed by atoms with Crippen LogP contribution in [-0.2, 0) is 0 Å². The van der Waals surface area contributed by atoms with Crippen molar-refractivity contribution in [2.75, 3.05) is 0 Å². The lowest BCUT2D eigenvalue weighted by Crippen LogP contribution is -2.29. The zero-order valence-electron chi connectivity index (χ0n) is 9.65. The monoisotopic (exact) mass is 290 g/mol. The van der Waals surface area contributed by atoms with Gasteiger partial charge in [-0.1, -0.05) is 52.3 Å². The number of nitrogens with two attached hydrogens (primary N) is 1. The molecule has 2 rings (SSSR count). The Morgan fingerprint density at radius 2 is 1.88 bits per heavy atom. The standard InChI is InChI=1S/C14H15BrN2/c1-10-5-2-3-8-13(10)14(17-16)11-6-4-7-12(15)9-11/h2-9,14,17H,16H2,1H3. The molecule has 0 heterocycles. The van der Waals surface area contributed by atoms with Gasteiger partial charge in [-0.15, -0.1) is 0 Å². The van der Waals surface area contributed by atoms with Crippen LogP contribution in [0.15, 0.2) is 53.0 Å². The van der Waals surface area contributed by atoms with Gasteiger partial charge in [0, 0.05) is 4.47 Å². The number of hydrazine groups is 1. The summed E-state index contributed by atoms with van der Waals surface area (Å²) >= 11 is 3.48. The van der Waals surface area contributed by atoms with E-state index in [1.807, 2.05) is 24.3 Å². The fourth-order valence-corrected chi connectivity index (χ4v) is 2.38. The summed E-state index contributed by atoms with van der Waals surface area (Å²) < 4.78 is 1.06. The fraction of sp³-hybridized carbons (Fsp3) is 0.143. The highest BCUT2D eigenvalue weighted by Gasteiger charge is 2.13. The van der Waals surface area contributed by atoms with E-state index in [-0.39, 0.29) is 6.04 Å². The normalized spacial score (nSPS) is 12.4. The Bertz CT molecular complexity index is 511. The van der Waals surface area contributed by atoms with Crippen LogP contribution in [-0.4, -0.2) is 0 Å². The van der Waals surface area contributed by atoms with E-state index in [1.54, 1.807) is 0 Å². The maximum Gasteiger partial charge on any atom is 0.0713 e. The van der Waals surface area contributed by atoms with Crippen LogP contribution < -0.4 is 11.3 Å². The van der Waals surface area contributed by atoms with Gasteiger partial charge in [-0.3, -0.25) is 5.84 Å². The molecule has 0 saturated heterocycles. The number of halogens is 1. The third kappa shape index (κ3) is 2.75. The lowest BCUT2D eigenvalue weighted by Gasteiger charge is -2.19. The molecular formula is C14H15BrN2. The van der Waals surface area contributed by atoms with Crippen LogP contribution in [0.25, 0.3) is 0 Å². The first-order chi connectivity index (χ1) is 8.22. The van der Waals surface area contributed by atoms with Crippen molar-refractivity contribution < 1.29 is 0 Å². The van der Waals surface area contributed by atoms with Crippen molar-refractivity contribution in [3.8, 4) is 0 Å². The van der Waals surface area contributed by atoms with Crippen molar-refractivity contribution in [3.05, 3.63) is 69.7 Å². The first-order valence-electron chi connectivity index (χ1n) is 5.49. The summed E-state index contributed by atoms with van der Waals surface area (Å²) in [5, 5.41) is 0. The second-order valence-corrected chi connectivity index (χ2v) is 4.93. The van der Waals surface area contributed by atoms with Gasteiger partial charge in [-0.05, 0) is 35.7 Å². The van der Waals surface area contributed by atoms with E-state index in [0.29, 0.717) is 0 Å². The van der Waals surface area contributed by atoms with E-state index in [4.69, 9.17) is 5.84 Å². The molecule has 0 radical (unpaired) electrons. The maximum absolute atomic E-state index is 5.69. The minimum atomic E-state index is 0.0219. The molecule has 0 spiro atoms. The molecule has 17 heavy (non-hydrogen) atoms. The van der Waals surface area contributed by atoms with Crippen LogP contribution in [0.1, 0.15) is 22.7 Å². The molecule has 0 aliphatic carbocycles. The number of hydrogen-bond acceptors (Lipinski definition) is 2. The molecule has 0 aliphatic rings. The van der Waals surface area contributed by atoms with Gasteiger partial charge in [0.15, 0.2) is 0 Å². The van der Waals surface area contributed by atoms with Gasteiger partial charge in [0.1, 0.15) is 0 Å². The van der Waals surface area contributed by atoms with Crippen molar-refractivity contribution in [1.29, 1.82) is 0 Å². The van der Waals surface area contributed by atoms with Gasteiger partial charge in [0.25, 0.3) is 0 Å². The molecule has 3 heteroatoms. The molecule has 0 amide bonds. The molecule has 2 aromatic rings. The molecule has 2 aromatic carbocycles. The van der Waals surface area contributed by atoms with Crippen LogP contribution in [0.2, 0.25) is 0 Å². The van der Waals surface area contributed by atoms with E-state index in [1.165, 1.54) is 11.1 Å². The summed E-state index contributed by atoms with van der Waals surface area (Å²) in [6, 6.07) is 16.5. The number of nitrogens with one attached hydrogen (secondary N) is 1. The maximum atomic E-state index is 5.69. The average molecular weight is 291 g/mol. The molecular weight excluding hydrogens is 276 g/mol. The van der Waals surface area contributed by atoms with Crippen LogP contribution >= 0.6 is 15.9 Å². The summed E-state index contributed by atoms with van der Waals surface area (Å²) in [6.45, 7) is 2.09. The van der Waals surface area contributed by atoms with Crippen molar-refractivity contribution in [3.63, 3.8) is 0 Å². The predicted octanol–water partition coefficient (Wildman–Crippen LogP) is 3.31. The van der Waals surface area contributed by atoms with Crippen molar-refractivity contribution in [2.45, 2.75) is 13.0 Å². The zero-order chi connectivity index (χ0) is 12.3. The van der Waals surface area contributed by atoms with Gasteiger partial charge in [0.05, 0.1) is 6.04 Å². The number of aryl methyl sites for hydroxylation is 1. The minimum absolute atomic E-state index is 0.0219. The average Bonchev–Trinajstić information content (AvgIpc) is 2.33. The summed E-state index contributed by atoms with van der Waals surface area (Å²) in [7, 11) is 0. The Balaban J connectivity index is 2.44. The zero-order valence-corrected chi connectivity index (χ0v) is 11.2. The number of hydrogen-bond donors (Lipinski definition) is 2. The molecule has 2 nitrogen and oxygen atoms in total. The van der Waals surface area contributed by atoms with Gasteiger partial charge in [-0.25, -0.2) is 5.43 Å². The topological polar surface area (TPSA) is 38.0 Å². The van der Waals surface area contributed by atoms with Crippen LogP contribution in [0.5, 0.6) is 0 Å². The van der Waals surface area contributed by atoms with Crippen molar-refractivity contribution in [2.24, 2.45) is 5.84 Å². The van der Waals surface area contributed by atoms with E-state index in [2.05, 4.69) is 52.5 Å².